The van der Waals surface area contributed by atoms with Crippen LogP contribution < -0.4 is 5.32 Å². The molecule has 0 aliphatic carbocycles. The molecule has 0 aliphatic rings. The van der Waals surface area contributed by atoms with Gasteiger partial charge in [0.15, 0.2) is 0 Å². The minimum Gasteiger partial charge on any atom is -0.508 e. The number of hydrogen-bond acceptors (Lipinski definition) is 3. The SMILES string of the molecule is CC(=O)C(=O)NCc1cccc(O)c1. The average Bonchev–Trinajstić information content (AvgIpc) is 2.14. The molecule has 0 saturated carbocycles. The second-order valence-corrected chi connectivity index (χ2v) is 2.91. The summed E-state index contributed by atoms with van der Waals surface area (Å²) >= 11 is 0. The molecule has 0 saturated heterocycles. The number of hydrogen-bond donors (Lipinski definition) is 2. The topological polar surface area (TPSA) is 66.4 Å². The van der Waals surface area contributed by atoms with Gasteiger partial charge in [-0.3, -0.25) is 9.59 Å². The molecule has 0 atom stereocenters. The molecule has 0 aliphatic heterocycles. The van der Waals surface area contributed by atoms with E-state index in [9.17, 15) is 9.59 Å². The first-order valence-electron chi connectivity index (χ1n) is 4.16. The Morgan fingerprint density at radius 3 is 2.71 bits per heavy atom. The van der Waals surface area contributed by atoms with Gasteiger partial charge in [0.2, 0.25) is 5.78 Å². The second kappa shape index (κ2) is 4.41. The number of phenolic OH excluding ortho intramolecular Hbond substituents is 1. The van der Waals surface area contributed by atoms with Gasteiger partial charge in [-0.1, -0.05) is 12.1 Å². The predicted molar refractivity (Wildman–Crippen MR) is 50.6 cm³/mol. The van der Waals surface area contributed by atoms with Gasteiger partial charge in [-0.2, -0.15) is 0 Å². The average molecular weight is 193 g/mol. The number of carbonyl (C=O) groups is 2. The maximum atomic E-state index is 10.9. The Kier molecular flexibility index (Phi) is 3.23. The lowest BCUT2D eigenvalue weighted by atomic mass is 10.2. The molecule has 0 heterocycles. The van der Waals surface area contributed by atoms with Crippen LogP contribution >= 0.6 is 0 Å². The number of phenols is 1. The third-order valence-electron chi connectivity index (χ3n) is 1.68. The zero-order chi connectivity index (χ0) is 10.6. The normalized spacial score (nSPS) is 9.50. The molecule has 0 fully saturated rings. The maximum absolute atomic E-state index is 10.9. The van der Waals surface area contributed by atoms with Crippen molar-refractivity contribution in [2.45, 2.75) is 13.5 Å². The van der Waals surface area contributed by atoms with Crippen molar-refractivity contribution in [3.63, 3.8) is 0 Å². The van der Waals surface area contributed by atoms with Gasteiger partial charge in [0, 0.05) is 13.5 Å². The summed E-state index contributed by atoms with van der Waals surface area (Å²) in [4.78, 5) is 21.4. The summed E-state index contributed by atoms with van der Waals surface area (Å²) in [5.74, 6) is -1.00. The number of nitrogens with one attached hydrogen (secondary N) is 1. The summed E-state index contributed by atoms with van der Waals surface area (Å²) in [6, 6.07) is 6.49. The highest BCUT2D eigenvalue weighted by Gasteiger charge is 2.05. The van der Waals surface area contributed by atoms with Crippen molar-refractivity contribution in [1.29, 1.82) is 0 Å². The van der Waals surface area contributed by atoms with Crippen molar-refractivity contribution in [3.8, 4) is 5.75 Å². The van der Waals surface area contributed by atoms with Crippen LogP contribution in [0.15, 0.2) is 24.3 Å². The maximum Gasteiger partial charge on any atom is 0.287 e. The van der Waals surface area contributed by atoms with Crippen LogP contribution in [0.2, 0.25) is 0 Å². The first kappa shape index (κ1) is 10.2. The van der Waals surface area contributed by atoms with Crippen LogP contribution in [0.25, 0.3) is 0 Å². The largest absolute Gasteiger partial charge is 0.508 e. The summed E-state index contributed by atoms with van der Waals surface area (Å²) in [6.07, 6.45) is 0. The Balaban J connectivity index is 2.54. The fourth-order valence-corrected chi connectivity index (χ4v) is 0.973. The lowest BCUT2D eigenvalue weighted by Crippen LogP contribution is -2.28. The molecule has 14 heavy (non-hydrogen) atoms. The molecule has 0 bridgehead atoms. The zero-order valence-electron chi connectivity index (χ0n) is 7.78. The van der Waals surface area contributed by atoms with Crippen LogP contribution in [0.5, 0.6) is 5.75 Å². The first-order valence-corrected chi connectivity index (χ1v) is 4.16. The minimum absolute atomic E-state index is 0.138. The Morgan fingerprint density at radius 1 is 1.43 bits per heavy atom. The van der Waals surface area contributed by atoms with Crippen molar-refractivity contribution in [1.82, 2.24) is 5.32 Å². The molecule has 4 heteroatoms. The van der Waals surface area contributed by atoms with E-state index in [-0.39, 0.29) is 12.3 Å². The van der Waals surface area contributed by atoms with E-state index in [1.54, 1.807) is 12.1 Å². The van der Waals surface area contributed by atoms with Gasteiger partial charge < -0.3 is 10.4 Å². The molecule has 0 unspecified atom stereocenters. The molecular formula is C10H11NO3. The van der Waals surface area contributed by atoms with Gasteiger partial charge in [0.1, 0.15) is 5.75 Å². The predicted octanol–water partition coefficient (Wildman–Crippen LogP) is 0.597. The fourth-order valence-electron chi connectivity index (χ4n) is 0.973. The van der Waals surface area contributed by atoms with Gasteiger partial charge in [0.05, 0.1) is 0 Å². The summed E-state index contributed by atoms with van der Waals surface area (Å²) in [6.45, 7) is 1.45. The van der Waals surface area contributed by atoms with Gasteiger partial charge in [-0.05, 0) is 17.7 Å². The molecule has 1 aromatic carbocycles. The molecule has 2 N–H and O–H groups in total. The lowest BCUT2D eigenvalue weighted by molar-refractivity contribution is -0.136. The van der Waals surface area contributed by atoms with Gasteiger partial charge in [0.25, 0.3) is 5.91 Å². The number of Topliss-reactive ketones (excluding diaryl/α,β-unsaturated/α-hetero) is 1. The summed E-state index contributed by atoms with van der Waals surface area (Å²) < 4.78 is 0. The number of ketones is 1. The van der Waals surface area contributed by atoms with Crippen molar-refractivity contribution < 1.29 is 14.7 Å². The van der Waals surface area contributed by atoms with Crippen molar-refractivity contribution in [3.05, 3.63) is 29.8 Å². The standard InChI is InChI=1S/C10H11NO3/c1-7(12)10(14)11-6-8-3-2-4-9(13)5-8/h2-5,13H,6H2,1H3,(H,11,14). The van der Waals surface area contributed by atoms with Crippen LogP contribution in [0.3, 0.4) is 0 Å². The van der Waals surface area contributed by atoms with E-state index in [1.165, 1.54) is 19.1 Å². The highest BCUT2D eigenvalue weighted by molar-refractivity contribution is 6.35. The summed E-state index contributed by atoms with van der Waals surface area (Å²) in [5, 5.41) is 11.5. The number of aromatic hydroxyl groups is 1. The highest BCUT2D eigenvalue weighted by Crippen LogP contribution is 2.10. The van der Waals surface area contributed by atoms with Crippen molar-refractivity contribution in [2.75, 3.05) is 0 Å². The molecule has 0 radical (unpaired) electrons. The molecule has 0 spiro atoms. The molecule has 74 valence electrons. The number of benzene rings is 1. The van der Waals surface area contributed by atoms with E-state index in [0.29, 0.717) is 0 Å². The molecule has 1 amide bonds. The van der Waals surface area contributed by atoms with Crippen LogP contribution in [-0.2, 0) is 16.1 Å². The van der Waals surface area contributed by atoms with Crippen LogP contribution in [0.1, 0.15) is 12.5 Å². The fraction of sp³-hybridized carbons (Fsp3) is 0.200. The van der Waals surface area contributed by atoms with E-state index in [2.05, 4.69) is 5.32 Å². The quantitative estimate of drug-likeness (QED) is 0.691. The van der Waals surface area contributed by atoms with E-state index in [4.69, 9.17) is 5.11 Å². The van der Waals surface area contributed by atoms with Crippen LogP contribution in [0, 0.1) is 0 Å². The van der Waals surface area contributed by atoms with Crippen molar-refractivity contribution >= 4 is 11.7 Å². The third-order valence-corrected chi connectivity index (χ3v) is 1.68. The lowest BCUT2D eigenvalue weighted by Gasteiger charge is -2.02. The molecule has 1 rings (SSSR count). The van der Waals surface area contributed by atoms with Gasteiger partial charge >= 0.3 is 0 Å². The second-order valence-electron chi connectivity index (χ2n) is 2.91. The van der Waals surface area contributed by atoms with Gasteiger partial charge in [-0.15, -0.1) is 0 Å². The number of amides is 1. The zero-order valence-corrected chi connectivity index (χ0v) is 7.78. The van der Waals surface area contributed by atoms with E-state index in [0.717, 1.165) is 5.56 Å². The molecule has 4 nitrogen and oxygen atoms in total. The molecule has 0 aromatic heterocycles. The Bertz CT molecular complexity index is 360. The Labute approximate surface area is 81.6 Å². The minimum atomic E-state index is -0.617. The molecular weight excluding hydrogens is 182 g/mol. The van der Waals surface area contributed by atoms with E-state index >= 15 is 0 Å². The number of rotatable bonds is 3. The monoisotopic (exact) mass is 193 g/mol. The van der Waals surface area contributed by atoms with Crippen LogP contribution in [0.4, 0.5) is 0 Å². The van der Waals surface area contributed by atoms with E-state index in [1.807, 2.05) is 0 Å². The van der Waals surface area contributed by atoms with Gasteiger partial charge in [-0.25, -0.2) is 0 Å². The summed E-state index contributed by atoms with van der Waals surface area (Å²) in [7, 11) is 0. The summed E-state index contributed by atoms with van der Waals surface area (Å²) in [5.41, 5.74) is 0.750. The first-order chi connectivity index (χ1) is 6.59. The van der Waals surface area contributed by atoms with E-state index < -0.39 is 11.7 Å². The Hall–Kier alpha value is -1.84. The number of carbonyl (C=O) groups excluding carboxylic acids is 2. The highest BCUT2D eigenvalue weighted by atomic mass is 16.3. The van der Waals surface area contributed by atoms with Crippen molar-refractivity contribution in [2.24, 2.45) is 0 Å². The molecule has 1 aromatic rings. The van der Waals surface area contributed by atoms with Crippen LogP contribution in [-0.4, -0.2) is 16.8 Å². The smallest absolute Gasteiger partial charge is 0.287 e. The Morgan fingerprint density at radius 2 is 2.14 bits per heavy atom. The third kappa shape index (κ3) is 2.90.